The smallest absolute Gasteiger partial charge is 0.133 e. The Balaban J connectivity index is 2.23. The third kappa shape index (κ3) is 1.49. The van der Waals surface area contributed by atoms with E-state index in [4.69, 9.17) is 11.6 Å². The quantitative estimate of drug-likeness (QED) is 0.302. The molecule has 68 valence electrons. The Labute approximate surface area is 81.2 Å². The lowest BCUT2D eigenvalue weighted by Crippen LogP contribution is -2.27. The van der Waals surface area contributed by atoms with Gasteiger partial charge < -0.3 is 11.6 Å². The van der Waals surface area contributed by atoms with E-state index in [0.29, 0.717) is 5.84 Å². The molecule has 0 radical (unpaired) electrons. The third-order valence-corrected chi connectivity index (χ3v) is 3.47. The van der Waals surface area contributed by atoms with E-state index in [-0.39, 0.29) is 5.25 Å². The minimum absolute atomic E-state index is 0.224. The van der Waals surface area contributed by atoms with Gasteiger partial charge in [-0.15, -0.1) is 11.8 Å². The molecule has 1 aliphatic heterocycles. The van der Waals surface area contributed by atoms with Gasteiger partial charge in [-0.05, 0) is 18.1 Å². The van der Waals surface area contributed by atoms with Gasteiger partial charge in [0.25, 0.3) is 0 Å². The second-order valence-corrected chi connectivity index (χ2v) is 4.22. The summed E-state index contributed by atoms with van der Waals surface area (Å²) in [5, 5.41) is 3.75. The summed E-state index contributed by atoms with van der Waals surface area (Å²) in [4.78, 5) is 1.29. The molecule has 1 aliphatic rings. The van der Waals surface area contributed by atoms with Gasteiger partial charge in [0.2, 0.25) is 0 Å². The van der Waals surface area contributed by atoms with Crippen molar-refractivity contribution in [3.8, 4) is 0 Å². The van der Waals surface area contributed by atoms with Crippen molar-refractivity contribution in [2.75, 3.05) is 0 Å². The summed E-state index contributed by atoms with van der Waals surface area (Å²) in [6.45, 7) is 0. The highest BCUT2D eigenvalue weighted by Crippen LogP contribution is 2.36. The number of hydrogen-bond donors (Lipinski definition) is 2. The average molecular weight is 193 g/mol. The van der Waals surface area contributed by atoms with Crippen LogP contribution in [-0.4, -0.2) is 11.1 Å². The van der Waals surface area contributed by atoms with Crippen LogP contribution in [0.4, 0.5) is 0 Å². The molecule has 1 atom stereocenters. The predicted molar refractivity (Wildman–Crippen MR) is 55.6 cm³/mol. The zero-order valence-corrected chi connectivity index (χ0v) is 7.92. The summed E-state index contributed by atoms with van der Waals surface area (Å²) in [6, 6.07) is 8.29. The minimum atomic E-state index is 0.224. The third-order valence-electron chi connectivity index (χ3n) is 2.13. The summed E-state index contributed by atoms with van der Waals surface area (Å²) in [7, 11) is 0. The van der Waals surface area contributed by atoms with Gasteiger partial charge >= 0.3 is 0 Å². The second kappa shape index (κ2) is 3.30. The molecule has 1 unspecified atom stereocenters. The molecule has 4 heteroatoms. The van der Waals surface area contributed by atoms with Crippen LogP contribution in [0.25, 0.3) is 0 Å². The predicted octanol–water partition coefficient (Wildman–Crippen LogP) is 0.934. The molecule has 0 aliphatic carbocycles. The van der Waals surface area contributed by atoms with Crippen LogP contribution in [0.5, 0.6) is 0 Å². The molecule has 13 heavy (non-hydrogen) atoms. The Morgan fingerprint density at radius 1 is 1.46 bits per heavy atom. The molecule has 2 rings (SSSR count). The van der Waals surface area contributed by atoms with E-state index in [1.807, 2.05) is 12.1 Å². The molecule has 4 N–H and O–H groups in total. The number of hydrogen-bond acceptors (Lipinski definition) is 3. The Morgan fingerprint density at radius 2 is 2.23 bits per heavy atom. The summed E-state index contributed by atoms with van der Waals surface area (Å²) < 4.78 is 0. The van der Waals surface area contributed by atoms with Gasteiger partial charge in [0.15, 0.2) is 0 Å². The summed E-state index contributed by atoms with van der Waals surface area (Å²) >= 11 is 1.73. The fourth-order valence-electron chi connectivity index (χ4n) is 1.43. The summed E-state index contributed by atoms with van der Waals surface area (Å²) in [6.07, 6.45) is 0.938. The van der Waals surface area contributed by atoms with Crippen LogP contribution < -0.4 is 11.6 Å². The van der Waals surface area contributed by atoms with E-state index in [9.17, 15) is 0 Å². The fourth-order valence-corrected chi connectivity index (χ4v) is 2.64. The number of hydrazone groups is 1. The minimum Gasteiger partial charge on any atom is -0.385 e. The molecule has 0 amide bonds. The Morgan fingerprint density at radius 3 is 2.92 bits per heavy atom. The van der Waals surface area contributed by atoms with Crippen LogP contribution in [0.15, 0.2) is 34.3 Å². The van der Waals surface area contributed by atoms with E-state index >= 15 is 0 Å². The number of fused-ring (bicyclic) bond motifs is 1. The van der Waals surface area contributed by atoms with Crippen LogP contribution in [-0.2, 0) is 6.42 Å². The zero-order valence-electron chi connectivity index (χ0n) is 7.10. The monoisotopic (exact) mass is 193 g/mol. The van der Waals surface area contributed by atoms with E-state index in [2.05, 4.69) is 17.2 Å². The van der Waals surface area contributed by atoms with E-state index in [1.165, 1.54) is 10.5 Å². The largest absolute Gasteiger partial charge is 0.385 e. The first kappa shape index (κ1) is 8.44. The SMILES string of the molecule is NN=C(N)C1Cc2ccccc2S1. The van der Waals surface area contributed by atoms with E-state index in [1.54, 1.807) is 11.8 Å². The average Bonchev–Trinajstić information content (AvgIpc) is 2.59. The lowest BCUT2D eigenvalue weighted by Gasteiger charge is -2.04. The van der Waals surface area contributed by atoms with Gasteiger partial charge in [-0.3, -0.25) is 0 Å². The molecule has 0 bridgehead atoms. The first-order valence-electron chi connectivity index (χ1n) is 4.09. The van der Waals surface area contributed by atoms with Gasteiger partial charge in [-0.1, -0.05) is 18.2 Å². The van der Waals surface area contributed by atoms with Crippen LogP contribution in [0.2, 0.25) is 0 Å². The van der Waals surface area contributed by atoms with Gasteiger partial charge in [0, 0.05) is 4.90 Å². The van der Waals surface area contributed by atoms with Crippen molar-refractivity contribution in [3.63, 3.8) is 0 Å². The molecular weight excluding hydrogens is 182 g/mol. The Kier molecular flexibility index (Phi) is 2.14. The number of amidine groups is 1. The van der Waals surface area contributed by atoms with E-state index in [0.717, 1.165) is 6.42 Å². The lowest BCUT2D eigenvalue weighted by molar-refractivity contribution is 1.04. The highest BCUT2D eigenvalue weighted by Gasteiger charge is 2.24. The number of nitrogens with two attached hydrogens (primary N) is 2. The van der Waals surface area contributed by atoms with Crippen LogP contribution in [0.1, 0.15) is 5.56 Å². The molecule has 0 saturated carbocycles. The molecule has 1 heterocycles. The molecule has 0 fully saturated rings. The molecule has 3 nitrogen and oxygen atoms in total. The van der Waals surface area contributed by atoms with Gasteiger partial charge in [-0.2, -0.15) is 5.10 Å². The molecule has 0 aromatic heterocycles. The van der Waals surface area contributed by atoms with E-state index < -0.39 is 0 Å². The molecule has 1 aromatic rings. The Bertz CT molecular complexity index is 323. The van der Waals surface area contributed by atoms with Crippen LogP contribution >= 0.6 is 11.8 Å². The maximum absolute atomic E-state index is 5.66. The highest BCUT2D eigenvalue weighted by atomic mass is 32.2. The maximum atomic E-state index is 5.66. The number of rotatable bonds is 1. The Hall–Kier alpha value is -1.16. The molecular formula is C9H11N3S. The van der Waals surface area contributed by atoms with Gasteiger partial charge in [-0.25, -0.2) is 0 Å². The number of benzene rings is 1. The van der Waals surface area contributed by atoms with Crippen LogP contribution in [0.3, 0.4) is 0 Å². The summed E-state index contributed by atoms with van der Waals surface area (Å²) in [5.74, 6) is 5.67. The number of nitrogens with zero attached hydrogens (tertiary/aromatic N) is 1. The first-order valence-corrected chi connectivity index (χ1v) is 4.97. The standard InChI is InChI=1S/C9H11N3S/c10-9(12-11)8-5-6-3-1-2-4-7(6)13-8/h1-4,8H,5,11H2,(H2,10,12). The maximum Gasteiger partial charge on any atom is 0.133 e. The molecule has 1 aromatic carbocycles. The highest BCUT2D eigenvalue weighted by molar-refractivity contribution is 8.01. The van der Waals surface area contributed by atoms with Gasteiger partial charge in [0.1, 0.15) is 5.84 Å². The molecule has 0 spiro atoms. The van der Waals surface area contributed by atoms with Crippen molar-refractivity contribution in [2.24, 2.45) is 16.7 Å². The van der Waals surface area contributed by atoms with Crippen LogP contribution in [0, 0.1) is 0 Å². The fraction of sp³-hybridized carbons (Fsp3) is 0.222. The van der Waals surface area contributed by atoms with Crippen molar-refractivity contribution < 1.29 is 0 Å². The molecule has 0 saturated heterocycles. The van der Waals surface area contributed by atoms with Crippen molar-refractivity contribution in [2.45, 2.75) is 16.6 Å². The lowest BCUT2D eigenvalue weighted by atomic mass is 10.1. The van der Waals surface area contributed by atoms with Crippen molar-refractivity contribution in [1.82, 2.24) is 0 Å². The van der Waals surface area contributed by atoms with Crippen molar-refractivity contribution >= 4 is 17.6 Å². The number of thioether (sulfide) groups is 1. The van der Waals surface area contributed by atoms with Gasteiger partial charge in [0.05, 0.1) is 5.25 Å². The summed E-state index contributed by atoms with van der Waals surface area (Å²) in [5.41, 5.74) is 7.00. The normalized spacial score (nSPS) is 21.5. The zero-order chi connectivity index (χ0) is 9.26. The van der Waals surface area contributed by atoms with Crippen molar-refractivity contribution in [3.05, 3.63) is 29.8 Å². The topological polar surface area (TPSA) is 64.4 Å². The van der Waals surface area contributed by atoms with Crippen molar-refractivity contribution in [1.29, 1.82) is 0 Å². The first-order chi connectivity index (χ1) is 6.31. The second-order valence-electron chi connectivity index (χ2n) is 2.97.